The second kappa shape index (κ2) is 5.60. The Morgan fingerprint density at radius 3 is 2.80 bits per heavy atom. The van der Waals surface area contributed by atoms with Crippen molar-refractivity contribution in [2.24, 2.45) is 0 Å². The van der Waals surface area contributed by atoms with E-state index >= 15 is 0 Å². The second-order valence-electron chi connectivity index (χ2n) is 4.32. The first kappa shape index (κ1) is 13.9. The van der Waals surface area contributed by atoms with Crippen LogP contribution in [0, 0.1) is 0 Å². The van der Waals surface area contributed by atoms with Gasteiger partial charge in [-0.05, 0) is 25.1 Å². The second-order valence-corrected chi connectivity index (χ2v) is 4.32. The van der Waals surface area contributed by atoms with E-state index in [-0.39, 0.29) is 17.9 Å². The molecule has 1 aromatic carbocycles. The van der Waals surface area contributed by atoms with Gasteiger partial charge in [0.2, 0.25) is 0 Å². The van der Waals surface area contributed by atoms with Crippen molar-refractivity contribution in [3.05, 3.63) is 29.8 Å². The molecule has 1 unspecified atom stereocenters. The highest BCUT2D eigenvalue weighted by molar-refractivity contribution is 5.99. The lowest BCUT2D eigenvalue weighted by Crippen LogP contribution is -2.41. The fraction of sp³-hybridized carbons (Fsp3) is 0.308. The summed E-state index contributed by atoms with van der Waals surface area (Å²) in [5, 5.41) is 11.8. The number of carbonyl (C=O) groups is 3. The number of nitrogens with one attached hydrogen (secondary N) is 1. The van der Waals surface area contributed by atoms with E-state index in [0.29, 0.717) is 6.54 Å². The number of carbonyl (C=O) groups excluding carboxylic acids is 3. The molecule has 0 spiro atoms. The summed E-state index contributed by atoms with van der Waals surface area (Å²) >= 11 is 0. The molecule has 106 valence electrons. The zero-order valence-electron chi connectivity index (χ0n) is 10.8. The van der Waals surface area contributed by atoms with Crippen LogP contribution in [-0.4, -0.2) is 47.1 Å². The summed E-state index contributed by atoms with van der Waals surface area (Å²) in [4.78, 5) is 36.1. The molecule has 0 saturated carbocycles. The number of phenols is 1. The summed E-state index contributed by atoms with van der Waals surface area (Å²) in [7, 11) is 0. The summed E-state index contributed by atoms with van der Waals surface area (Å²) in [6.07, 6.45) is -1.08. The number of phenolic OH excluding ortho intramolecular Hbond substituents is 1. The first-order valence-corrected chi connectivity index (χ1v) is 6.08. The highest BCUT2D eigenvalue weighted by atomic mass is 16.5. The minimum atomic E-state index is -1.08. The Labute approximate surface area is 115 Å². The lowest BCUT2D eigenvalue weighted by Gasteiger charge is -2.18. The number of benzene rings is 1. The van der Waals surface area contributed by atoms with Crippen molar-refractivity contribution in [1.29, 1.82) is 0 Å². The summed E-state index contributed by atoms with van der Waals surface area (Å²) < 4.78 is 4.99. The van der Waals surface area contributed by atoms with Gasteiger partial charge in [-0.25, -0.2) is 9.59 Å². The topological polar surface area (TPSA) is 95.9 Å². The molecule has 1 aliphatic rings. The average Bonchev–Trinajstić information content (AvgIpc) is 2.84. The number of nitrogens with zero attached hydrogens (tertiary/aromatic N) is 1. The zero-order chi connectivity index (χ0) is 14.7. The zero-order valence-corrected chi connectivity index (χ0v) is 10.8. The third-order valence-electron chi connectivity index (χ3n) is 2.84. The van der Waals surface area contributed by atoms with Gasteiger partial charge in [0.15, 0.2) is 6.10 Å². The van der Waals surface area contributed by atoms with Crippen LogP contribution in [0.3, 0.4) is 0 Å². The molecule has 7 nitrogen and oxygen atoms in total. The Kier molecular flexibility index (Phi) is 3.88. The maximum atomic E-state index is 11.9. The smallest absolute Gasteiger partial charge is 0.339 e. The van der Waals surface area contributed by atoms with Crippen LogP contribution >= 0.6 is 0 Å². The third kappa shape index (κ3) is 2.87. The predicted molar refractivity (Wildman–Crippen MR) is 68.1 cm³/mol. The van der Waals surface area contributed by atoms with E-state index in [2.05, 4.69) is 5.32 Å². The van der Waals surface area contributed by atoms with Crippen molar-refractivity contribution in [3.8, 4) is 5.75 Å². The monoisotopic (exact) mass is 278 g/mol. The molecule has 1 atom stereocenters. The number of esters is 1. The van der Waals surface area contributed by atoms with Crippen molar-refractivity contribution in [3.63, 3.8) is 0 Å². The Balaban J connectivity index is 2.00. The van der Waals surface area contributed by atoms with Crippen LogP contribution in [0.2, 0.25) is 0 Å². The molecule has 0 radical (unpaired) electrons. The first-order chi connectivity index (χ1) is 9.49. The molecular weight excluding hydrogens is 264 g/mol. The average molecular weight is 278 g/mol. The fourth-order valence-corrected chi connectivity index (χ4v) is 1.81. The number of rotatable bonds is 3. The van der Waals surface area contributed by atoms with E-state index in [4.69, 9.17) is 4.74 Å². The van der Waals surface area contributed by atoms with Crippen LogP contribution in [0.25, 0.3) is 0 Å². The maximum absolute atomic E-state index is 11.9. The molecule has 1 heterocycles. The minimum Gasteiger partial charge on any atom is -0.508 e. The van der Waals surface area contributed by atoms with Crippen molar-refractivity contribution >= 4 is 17.9 Å². The highest BCUT2D eigenvalue weighted by Crippen LogP contribution is 2.13. The number of aromatic hydroxyl groups is 1. The SMILES string of the molecule is CC(OC(=O)c1cccc(O)c1)C(=O)N1CCNC1=O. The van der Waals surface area contributed by atoms with Gasteiger partial charge in [0, 0.05) is 13.1 Å². The molecule has 1 fully saturated rings. The van der Waals surface area contributed by atoms with Gasteiger partial charge in [-0.15, -0.1) is 0 Å². The van der Waals surface area contributed by atoms with Crippen LogP contribution in [0.1, 0.15) is 17.3 Å². The molecule has 3 amide bonds. The lowest BCUT2D eigenvalue weighted by atomic mass is 10.2. The van der Waals surface area contributed by atoms with Crippen LogP contribution < -0.4 is 5.32 Å². The van der Waals surface area contributed by atoms with Gasteiger partial charge in [-0.1, -0.05) is 6.07 Å². The summed E-state index contributed by atoms with van der Waals surface area (Å²) in [6, 6.07) is 5.12. The molecule has 20 heavy (non-hydrogen) atoms. The van der Waals surface area contributed by atoms with Crippen LogP contribution in [0.15, 0.2) is 24.3 Å². The quantitative estimate of drug-likeness (QED) is 0.784. The molecule has 0 aliphatic carbocycles. The summed E-state index contributed by atoms with van der Waals surface area (Å²) in [6.45, 7) is 2.04. The molecule has 1 aromatic rings. The molecule has 0 aromatic heterocycles. The van der Waals surface area contributed by atoms with Crippen molar-refractivity contribution in [1.82, 2.24) is 10.2 Å². The molecule has 0 bridgehead atoms. The number of ether oxygens (including phenoxy) is 1. The Morgan fingerprint density at radius 2 is 2.20 bits per heavy atom. The minimum absolute atomic E-state index is 0.0719. The predicted octanol–water partition coefficient (Wildman–Crippen LogP) is 0.489. The van der Waals surface area contributed by atoms with Gasteiger partial charge in [-0.3, -0.25) is 9.69 Å². The number of hydrogen-bond donors (Lipinski definition) is 2. The molecule has 2 N–H and O–H groups in total. The van der Waals surface area contributed by atoms with E-state index in [1.54, 1.807) is 0 Å². The number of imide groups is 1. The number of hydrogen-bond acceptors (Lipinski definition) is 5. The third-order valence-corrected chi connectivity index (χ3v) is 2.84. The van der Waals surface area contributed by atoms with E-state index in [0.717, 1.165) is 4.90 Å². The Hall–Kier alpha value is -2.57. The van der Waals surface area contributed by atoms with Gasteiger partial charge < -0.3 is 15.2 Å². The van der Waals surface area contributed by atoms with Crippen molar-refractivity contribution < 1.29 is 24.2 Å². The van der Waals surface area contributed by atoms with E-state index in [9.17, 15) is 19.5 Å². The first-order valence-electron chi connectivity index (χ1n) is 6.08. The molecule has 1 aliphatic heterocycles. The van der Waals surface area contributed by atoms with E-state index in [1.165, 1.54) is 31.2 Å². The Bertz CT molecular complexity index is 557. The van der Waals surface area contributed by atoms with Gasteiger partial charge in [0.1, 0.15) is 5.75 Å². The highest BCUT2D eigenvalue weighted by Gasteiger charge is 2.31. The summed E-state index contributed by atoms with van der Waals surface area (Å²) in [5.74, 6) is -1.38. The molecule has 1 saturated heterocycles. The van der Waals surface area contributed by atoms with E-state index < -0.39 is 24.0 Å². The van der Waals surface area contributed by atoms with Crippen molar-refractivity contribution in [2.45, 2.75) is 13.0 Å². The van der Waals surface area contributed by atoms with Crippen LogP contribution in [-0.2, 0) is 9.53 Å². The largest absolute Gasteiger partial charge is 0.508 e. The Morgan fingerprint density at radius 1 is 1.45 bits per heavy atom. The molecule has 2 rings (SSSR count). The van der Waals surface area contributed by atoms with Gasteiger partial charge in [0.05, 0.1) is 5.56 Å². The maximum Gasteiger partial charge on any atom is 0.339 e. The van der Waals surface area contributed by atoms with Gasteiger partial charge in [-0.2, -0.15) is 0 Å². The van der Waals surface area contributed by atoms with Gasteiger partial charge >= 0.3 is 12.0 Å². The van der Waals surface area contributed by atoms with Crippen LogP contribution in [0.5, 0.6) is 5.75 Å². The fourth-order valence-electron chi connectivity index (χ4n) is 1.81. The summed E-state index contributed by atoms with van der Waals surface area (Å²) in [5.41, 5.74) is 0.135. The lowest BCUT2D eigenvalue weighted by molar-refractivity contribution is -0.136. The normalized spacial score (nSPS) is 15.7. The number of urea groups is 1. The van der Waals surface area contributed by atoms with Crippen LogP contribution in [0.4, 0.5) is 4.79 Å². The number of amides is 3. The molecule has 7 heteroatoms. The molecular formula is C13H14N2O5. The standard InChI is InChI=1S/C13H14N2O5/c1-8(11(17)15-6-5-14-13(15)19)20-12(18)9-3-2-4-10(16)7-9/h2-4,7-8,16H,5-6H2,1H3,(H,14,19). The van der Waals surface area contributed by atoms with Gasteiger partial charge in [0.25, 0.3) is 5.91 Å². The van der Waals surface area contributed by atoms with Crippen molar-refractivity contribution in [2.75, 3.05) is 13.1 Å². The van der Waals surface area contributed by atoms with E-state index in [1.807, 2.05) is 0 Å².